The molecule has 26 heavy (non-hydrogen) atoms. The van der Waals surface area contributed by atoms with E-state index in [2.05, 4.69) is 10.9 Å². The van der Waals surface area contributed by atoms with E-state index < -0.39 is 11.8 Å². The van der Waals surface area contributed by atoms with Crippen molar-refractivity contribution in [3.05, 3.63) is 53.1 Å². The van der Waals surface area contributed by atoms with Gasteiger partial charge in [-0.3, -0.25) is 20.4 Å². The highest BCUT2D eigenvalue weighted by atomic mass is 16.5. The van der Waals surface area contributed by atoms with Crippen molar-refractivity contribution in [3.8, 4) is 17.2 Å². The number of ether oxygens (including phenoxy) is 3. The van der Waals surface area contributed by atoms with Gasteiger partial charge in [-0.2, -0.15) is 0 Å². The fourth-order valence-electron chi connectivity index (χ4n) is 2.22. The van der Waals surface area contributed by atoms with E-state index in [1.807, 2.05) is 32.0 Å². The molecule has 2 amide bonds. The van der Waals surface area contributed by atoms with Gasteiger partial charge in [0, 0.05) is 5.56 Å². The average molecular weight is 358 g/mol. The SMILES string of the molecule is COc1ccc(C(=O)NNC(=O)COc2cc(C)ccc2C)cc1OC. The summed E-state index contributed by atoms with van der Waals surface area (Å²) in [6.07, 6.45) is 0. The van der Waals surface area contributed by atoms with Crippen LogP contribution in [-0.4, -0.2) is 32.6 Å². The van der Waals surface area contributed by atoms with Gasteiger partial charge in [0.25, 0.3) is 11.8 Å². The molecule has 2 N–H and O–H groups in total. The van der Waals surface area contributed by atoms with Gasteiger partial charge >= 0.3 is 0 Å². The highest BCUT2D eigenvalue weighted by Gasteiger charge is 2.12. The zero-order valence-electron chi connectivity index (χ0n) is 15.2. The Balaban J connectivity index is 1.88. The fourth-order valence-corrected chi connectivity index (χ4v) is 2.22. The van der Waals surface area contributed by atoms with E-state index in [0.29, 0.717) is 22.8 Å². The van der Waals surface area contributed by atoms with Crippen molar-refractivity contribution < 1.29 is 23.8 Å². The average Bonchev–Trinajstić information content (AvgIpc) is 2.66. The summed E-state index contributed by atoms with van der Waals surface area (Å²) < 4.78 is 15.8. The zero-order valence-corrected chi connectivity index (χ0v) is 15.2. The highest BCUT2D eigenvalue weighted by molar-refractivity contribution is 5.96. The number of carbonyl (C=O) groups is 2. The predicted octanol–water partition coefficient (Wildman–Crippen LogP) is 2.16. The number of aryl methyl sites for hydroxylation is 2. The molecule has 0 heterocycles. The third kappa shape index (κ3) is 4.89. The van der Waals surface area contributed by atoms with Crippen LogP contribution >= 0.6 is 0 Å². The molecule has 0 saturated heterocycles. The summed E-state index contributed by atoms with van der Waals surface area (Å²) in [4.78, 5) is 24.0. The number of hydrazine groups is 1. The van der Waals surface area contributed by atoms with Crippen LogP contribution in [0, 0.1) is 13.8 Å². The van der Waals surface area contributed by atoms with Crippen LogP contribution < -0.4 is 25.1 Å². The van der Waals surface area contributed by atoms with Crippen molar-refractivity contribution in [2.45, 2.75) is 13.8 Å². The summed E-state index contributed by atoms with van der Waals surface area (Å²) >= 11 is 0. The maximum Gasteiger partial charge on any atom is 0.276 e. The van der Waals surface area contributed by atoms with Gasteiger partial charge in [0.15, 0.2) is 18.1 Å². The van der Waals surface area contributed by atoms with Crippen LogP contribution in [0.1, 0.15) is 21.5 Å². The molecule has 0 aliphatic heterocycles. The standard InChI is InChI=1S/C19H22N2O5/c1-12-5-6-13(2)16(9-12)26-11-18(22)20-21-19(23)14-7-8-15(24-3)17(10-14)25-4/h5-10H,11H2,1-4H3,(H,20,22)(H,21,23). The van der Waals surface area contributed by atoms with Crippen LogP contribution in [0.5, 0.6) is 17.2 Å². The normalized spacial score (nSPS) is 10.0. The van der Waals surface area contributed by atoms with Gasteiger partial charge in [-0.15, -0.1) is 0 Å². The van der Waals surface area contributed by atoms with Gasteiger partial charge in [0.1, 0.15) is 5.75 Å². The number of rotatable bonds is 6. The third-order valence-corrected chi connectivity index (χ3v) is 3.66. The van der Waals surface area contributed by atoms with Gasteiger partial charge in [0.05, 0.1) is 14.2 Å². The van der Waals surface area contributed by atoms with Crippen molar-refractivity contribution in [2.24, 2.45) is 0 Å². The number of carbonyl (C=O) groups excluding carboxylic acids is 2. The predicted molar refractivity (Wildman–Crippen MR) is 96.6 cm³/mol. The Morgan fingerprint density at radius 3 is 2.31 bits per heavy atom. The summed E-state index contributed by atoms with van der Waals surface area (Å²) in [7, 11) is 2.99. The molecule has 0 bridgehead atoms. The van der Waals surface area contributed by atoms with E-state index in [-0.39, 0.29) is 6.61 Å². The van der Waals surface area contributed by atoms with Crippen molar-refractivity contribution in [2.75, 3.05) is 20.8 Å². The summed E-state index contributed by atoms with van der Waals surface area (Å²) in [5.74, 6) is 0.608. The van der Waals surface area contributed by atoms with Crippen LogP contribution in [0.15, 0.2) is 36.4 Å². The molecule has 2 rings (SSSR count). The molecule has 0 saturated carbocycles. The molecular formula is C19H22N2O5. The maximum atomic E-state index is 12.1. The second kappa shape index (κ2) is 8.75. The maximum absolute atomic E-state index is 12.1. The minimum atomic E-state index is -0.481. The fraction of sp³-hybridized carbons (Fsp3) is 0.263. The summed E-state index contributed by atoms with van der Waals surface area (Å²) in [5.41, 5.74) is 6.93. The van der Waals surface area contributed by atoms with Gasteiger partial charge < -0.3 is 14.2 Å². The lowest BCUT2D eigenvalue weighted by atomic mass is 10.1. The second-order valence-electron chi connectivity index (χ2n) is 5.63. The Kier molecular flexibility index (Phi) is 6.43. The smallest absolute Gasteiger partial charge is 0.276 e. The van der Waals surface area contributed by atoms with Gasteiger partial charge in [-0.1, -0.05) is 12.1 Å². The molecule has 0 aliphatic carbocycles. The quantitative estimate of drug-likeness (QED) is 0.773. The highest BCUT2D eigenvalue weighted by Crippen LogP contribution is 2.27. The molecule has 2 aromatic rings. The van der Waals surface area contributed by atoms with Crippen molar-refractivity contribution >= 4 is 11.8 Å². The first kappa shape index (κ1) is 19.1. The zero-order chi connectivity index (χ0) is 19.1. The Hall–Kier alpha value is -3.22. The Bertz CT molecular complexity index is 805. The number of amides is 2. The van der Waals surface area contributed by atoms with Gasteiger partial charge in [-0.25, -0.2) is 0 Å². The largest absolute Gasteiger partial charge is 0.493 e. The molecule has 7 nitrogen and oxygen atoms in total. The van der Waals surface area contributed by atoms with E-state index in [9.17, 15) is 9.59 Å². The van der Waals surface area contributed by atoms with E-state index in [1.165, 1.54) is 20.3 Å². The Morgan fingerprint density at radius 1 is 0.885 bits per heavy atom. The molecule has 138 valence electrons. The molecule has 2 aromatic carbocycles. The first-order valence-corrected chi connectivity index (χ1v) is 7.96. The topological polar surface area (TPSA) is 85.9 Å². The van der Waals surface area contributed by atoms with Crippen LogP contribution in [0.3, 0.4) is 0 Å². The molecule has 0 fully saturated rings. The van der Waals surface area contributed by atoms with Crippen LogP contribution in [0.2, 0.25) is 0 Å². The lowest BCUT2D eigenvalue weighted by Crippen LogP contribution is -2.43. The first-order chi connectivity index (χ1) is 12.4. The molecule has 7 heteroatoms. The number of nitrogens with one attached hydrogen (secondary N) is 2. The van der Waals surface area contributed by atoms with E-state index in [1.54, 1.807) is 12.1 Å². The van der Waals surface area contributed by atoms with Crippen LogP contribution in [0.25, 0.3) is 0 Å². The van der Waals surface area contributed by atoms with Crippen molar-refractivity contribution in [3.63, 3.8) is 0 Å². The van der Waals surface area contributed by atoms with Crippen molar-refractivity contribution in [1.82, 2.24) is 10.9 Å². The van der Waals surface area contributed by atoms with Crippen molar-refractivity contribution in [1.29, 1.82) is 0 Å². The lowest BCUT2D eigenvalue weighted by molar-refractivity contribution is -0.123. The van der Waals surface area contributed by atoms with Gasteiger partial charge in [-0.05, 0) is 49.2 Å². The summed E-state index contributed by atoms with van der Waals surface area (Å²) in [6, 6.07) is 10.4. The third-order valence-electron chi connectivity index (χ3n) is 3.66. The van der Waals surface area contributed by atoms with E-state index in [4.69, 9.17) is 14.2 Å². The minimum absolute atomic E-state index is 0.212. The van der Waals surface area contributed by atoms with Crippen LogP contribution in [-0.2, 0) is 4.79 Å². The summed E-state index contributed by atoms with van der Waals surface area (Å²) in [6.45, 7) is 3.62. The second-order valence-corrected chi connectivity index (χ2v) is 5.63. The minimum Gasteiger partial charge on any atom is -0.493 e. The van der Waals surface area contributed by atoms with E-state index >= 15 is 0 Å². The van der Waals surface area contributed by atoms with E-state index in [0.717, 1.165) is 11.1 Å². The Morgan fingerprint density at radius 2 is 1.62 bits per heavy atom. The summed E-state index contributed by atoms with van der Waals surface area (Å²) in [5, 5.41) is 0. The number of methoxy groups -OCH3 is 2. The molecule has 0 aliphatic rings. The molecule has 0 radical (unpaired) electrons. The van der Waals surface area contributed by atoms with Gasteiger partial charge in [0.2, 0.25) is 0 Å². The monoisotopic (exact) mass is 358 g/mol. The Labute approximate surface area is 152 Å². The molecular weight excluding hydrogens is 336 g/mol. The molecule has 0 aromatic heterocycles. The number of benzene rings is 2. The number of hydrogen-bond acceptors (Lipinski definition) is 5. The first-order valence-electron chi connectivity index (χ1n) is 7.96. The number of hydrogen-bond donors (Lipinski definition) is 2. The van der Waals surface area contributed by atoms with Crippen LogP contribution in [0.4, 0.5) is 0 Å². The lowest BCUT2D eigenvalue weighted by Gasteiger charge is -2.12. The molecule has 0 unspecified atom stereocenters. The molecule has 0 spiro atoms. The molecule has 0 atom stereocenters.